The van der Waals surface area contributed by atoms with E-state index in [1.54, 1.807) is 6.07 Å². The van der Waals surface area contributed by atoms with E-state index in [0.717, 1.165) is 31.6 Å². The van der Waals surface area contributed by atoms with E-state index in [0.29, 0.717) is 18.6 Å². The van der Waals surface area contributed by atoms with Crippen LogP contribution in [0.3, 0.4) is 0 Å². The maximum atomic E-state index is 13.3. The van der Waals surface area contributed by atoms with Gasteiger partial charge < -0.3 is 14.6 Å². The first kappa shape index (κ1) is 15.0. The van der Waals surface area contributed by atoms with Crippen LogP contribution in [0.1, 0.15) is 30.4 Å². The molecular formula is C16H19FO3. The smallest absolute Gasteiger partial charge is 0.124 e. The molecule has 0 bridgehead atoms. The fourth-order valence-corrected chi connectivity index (χ4v) is 2.05. The van der Waals surface area contributed by atoms with E-state index in [1.807, 2.05) is 0 Å². The molecule has 1 saturated heterocycles. The summed E-state index contributed by atoms with van der Waals surface area (Å²) >= 11 is 0. The molecule has 1 aromatic rings. The van der Waals surface area contributed by atoms with Crippen molar-refractivity contribution in [2.75, 3.05) is 19.8 Å². The molecule has 0 radical (unpaired) electrons. The van der Waals surface area contributed by atoms with Gasteiger partial charge in [0.2, 0.25) is 0 Å². The molecule has 0 spiro atoms. The lowest BCUT2D eigenvalue weighted by molar-refractivity contribution is -0.0391. The molecule has 1 aliphatic rings. The highest BCUT2D eigenvalue weighted by Crippen LogP contribution is 2.16. The first-order chi connectivity index (χ1) is 9.79. The largest absolute Gasteiger partial charge is 0.395 e. The standard InChI is InChI=1S/C16H19FO3/c17-15-5-4-14(13(11-15)3-1-2-8-18)12-20-16-6-9-19-10-7-16/h4-5,11,16,18H,2,6-10,12H2. The molecule has 1 aromatic carbocycles. The summed E-state index contributed by atoms with van der Waals surface area (Å²) in [6, 6.07) is 4.53. The van der Waals surface area contributed by atoms with Crippen LogP contribution in [0.15, 0.2) is 18.2 Å². The molecule has 0 aromatic heterocycles. The molecule has 0 saturated carbocycles. The van der Waals surface area contributed by atoms with E-state index < -0.39 is 0 Å². The average molecular weight is 278 g/mol. The maximum Gasteiger partial charge on any atom is 0.124 e. The lowest BCUT2D eigenvalue weighted by Crippen LogP contribution is -2.23. The van der Waals surface area contributed by atoms with Gasteiger partial charge in [0.25, 0.3) is 0 Å². The van der Waals surface area contributed by atoms with Crippen molar-refractivity contribution in [3.8, 4) is 11.8 Å². The Labute approximate surface area is 118 Å². The predicted octanol–water partition coefficient (Wildman–Crippen LogP) is 2.26. The molecule has 1 heterocycles. The Morgan fingerprint density at radius 1 is 1.35 bits per heavy atom. The quantitative estimate of drug-likeness (QED) is 0.859. The van der Waals surface area contributed by atoms with Crippen molar-refractivity contribution in [2.45, 2.75) is 32.0 Å². The molecule has 0 amide bonds. The SMILES string of the molecule is OCCC#Cc1cc(F)ccc1COC1CCOCC1. The van der Waals surface area contributed by atoms with E-state index in [4.69, 9.17) is 14.6 Å². The second-order valence-electron chi connectivity index (χ2n) is 4.70. The zero-order valence-corrected chi connectivity index (χ0v) is 11.4. The van der Waals surface area contributed by atoms with Gasteiger partial charge >= 0.3 is 0 Å². The van der Waals surface area contributed by atoms with Crippen molar-refractivity contribution in [3.63, 3.8) is 0 Å². The molecule has 1 aliphatic heterocycles. The number of benzene rings is 1. The summed E-state index contributed by atoms with van der Waals surface area (Å²) in [4.78, 5) is 0. The van der Waals surface area contributed by atoms with E-state index in [9.17, 15) is 4.39 Å². The topological polar surface area (TPSA) is 38.7 Å². The molecule has 3 nitrogen and oxygen atoms in total. The van der Waals surface area contributed by atoms with Gasteiger partial charge in [-0.15, -0.1) is 0 Å². The van der Waals surface area contributed by atoms with Crippen LogP contribution in [-0.2, 0) is 16.1 Å². The second-order valence-corrected chi connectivity index (χ2v) is 4.70. The van der Waals surface area contributed by atoms with Gasteiger partial charge in [0.05, 0.1) is 19.3 Å². The predicted molar refractivity (Wildman–Crippen MR) is 73.6 cm³/mol. The molecule has 1 fully saturated rings. The minimum Gasteiger partial charge on any atom is -0.395 e. The maximum absolute atomic E-state index is 13.3. The number of aliphatic hydroxyl groups is 1. The van der Waals surface area contributed by atoms with Crippen molar-refractivity contribution >= 4 is 0 Å². The van der Waals surface area contributed by atoms with Crippen molar-refractivity contribution < 1.29 is 19.0 Å². The molecule has 2 rings (SSSR count). The fourth-order valence-electron chi connectivity index (χ4n) is 2.05. The minimum absolute atomic E-state index is 0.0101. The number of rotatable bonds is 4. The second kappa shape index (κ2) is 8.01. The van der Waals surface area contributed by atoms with Crippen molar-refractivity contribution in [1.82, 2.24) is 0 Å². The van der Waals surface area contributed by atoms with Crippen LogP contribution >= 0.6 is 0 Å². The van der Waals surface area contributed by atoms with E-state index >= 15 is 0 Å². The lowest BCUT2D eigenvalue weighted by Gasteiger charge is -2.22. The van der Waals surface area contributed by atoms with Crippen LogP contribution < -0.4 is 0 Å². The molecule has 0 atom stereocenters. The summed E-state index contributed by atoms with van der Waals surface area (Å²) in [6.45, 7) is 1.90. The summed E-state index contributed by atoms with van der Waals surface area (Å²) in [6.07, 6.45) is 2.38. The minimum atomic E-state index is -0.312. The Bertz CT molecular complexity index is 484. The molecule has 1 N–H and O–H groups in total. The summed E-state index contributed by atoms with van der Waals surface area (Å²) in [5.41, 5.74) is 1.51. The normalized spacial score (nSPS) is 15.7. The number of hydrogen-bond acceptors (Lipinski definition) is 3. The van der Waals surface area contributed by atoms with E-state index in [-0.39, 0.29) is 18.5 Å². The zero-order valence-electron chi connectivity index (χ0n) is 11.4. The summed E-state index contributed by atoms with van der Waals surface area (Å²) < 4.78 is 24.4. The number of aliphatic hydroxyl groups excluding tert-OH is 1. The molecule has 20 heavy (non-hydrogen) atoms. The molecular weight excluding hydrogens is 259 g/mol. The molecule has 0 aliphatic carbocycles. The van der Waals surface area contributed by atoms with Crippen LogP contribution in [0.5, 0.6) is 0 Å². The van der Waals surface area contributed by atoms with Crippen molar-refractivity contribution in [3.05, 3.63) is 35.1 Å². The van der Waals surface area contributed by atoms with Gasteiger partial charge in [-0.2, -0.15) is 0 Å². The summed E-state index contributed by atoms with van der Waals surface area (Å²) in [5.74, 6) is 5.39. The average Bonchev–Trinajstić information content (AvgIpc) is 2.48. The Morgan fingerprint density at radius 2 is 2.15 bits per heavy atom. The third-order valence-electron chi connectivity index (χ3n) is 3.17. The van der Waals surface area contributed by atoms with Crippen LogP contribution in [0.4, 0.5) is 4.39 Å². The monoisotopic (exact) mass is 278 g/mol. The Hall–Kier alpha value is -1.41. The number of hydrogen-bond donors (Lipinski definition) is 1. The van der Waals surface area contributed by atoms with Crippen LogP contribution in [-0.4, -0.2) is 31.0 Å². The Balaban J connectivity index is 2.00. The van der Waals surface area contributed by atoms with Crippen LogP contribution in [0, 0.1) is 17.7 Å². The van der Waals surface area contributed by atoms with Gasteiger partial charge in [0, 0.05) is 25.2 Å². The molecule has 108 valence electrons. The van der Waals surface area contributed by atoms with Gasteiger partial charge in [0.1, 0.15) is 5.82 Å². The molecule has 4 heteroatoms. The number of halogens is 1. The molecule has 0 unspecified atom stereocenters. The highest BCUT2D eigenvalue weighted by Gasteiger charge is 2.14. The first-order valence-corrected chi connectivity index (χ1v) is 6.87. The number of ether oxygens (including phenoxy) is 2. The van der Waals surface area contributed by atoms with Gasteiger partial charge in [-0.25, -0.2) is 4.39 Å². The highest BCUT2D eigenvalue weighted by atomic mass is 19.1. The highest BCUT2D eigenvalue weighted by molar-refractivity contribution is 5.41. The first-order valence-electron chi connectivity index (χ1n) is 6.87. The third-order valence-corrected chi connectivity index (χ3v) is 3.17. The third kappa shape index (κ3) is 4.61. The Morgan fingerprint density at radius 3 is 2.90 bits per heavy atom. The van der Waals surface area contributed by atoms with Crippen LogP contribution in [0.25, 0.3) is 0 Å². The fraction of sp³-hybridized carbons (Fsp3) is 0.500. The van der Waals surface area contributed by atoms with E-state index in [2.05, 4.69) is 11.8 Å². The Kier molecular flexibility index (Phi) is 6.00. The lowest BCUT2D eigenvalue weighted by atomic mass is 10.1. The van der Waals surface area contributed by atoms with Crippen LogP contribution in [0.2, 0.25) is 0 Å². The van der Waals surface area contributed by atoms with Crippen molar-refractivity contribution in [2.24, 2.45) is 0 Å². The zero-order chi connectivity index (χ0) is 14.2. The summed E-state index contributed by atoms with van der Waals surface area (Å²) in [5, 5.41) is 8.73. The van der Waals surface area contributed by atoms with Crippen molar-refractivity contribution in [1.29, 1.82) is 0 Å². The van der Waals surface area contributed by atoms with E-state index in [1.165, 1.54) is 12.1 Å². The van der Waals surface area contributed by atoms with Gasteiger partial charge in [-0.3, -0.25) is 0 Å². The van der Waals surface area contributed by atoms with Gasteiger partial charge in [-0.05, 0) is 30.5 Å². The van der Waals surface area contributed by atoms with Gasteiger partial charge in [0.15, 0.2) is 0 Å². The summed E-state index contributed by atoms with van der Waals surface area (Å²) in [7, 11) is 0. The van der Waals surface area contributed by atoms with Gasteiger partial charge in [-0.1, -0.05) is 17.9 Å².